The molecule has 2 aliphatic heterocycles. The van der Waals surface area contributed by atoms with E-state index in [4.69, 9.17) is 9.47 Å². The lowest BCUT2D eigenvalue weighted by molar-refractivity contribution is 0.0916. The van der Waals surface area contributed by atoms with Crippen molar-refractivity contribution in [1.82, 2.24) is 24.8 Å². The van der Waals surface area contributed by atoms with Crippen LogP contribution in [-0.2, 0) is 0 Å². The summed E-state index contributed by atoms with van der Waals surface area (Å²) in [5.41, 5.74) is 0. The number of ether oxygens (including phenoxy) is 2. The summed E-state index contributed by atoms with van der Waals surface area (Å²) in [6.07, 6.45) is 4.39. The van der Waals surface area contributed by atoms with E-state index in [1.165, 1.54) is 0 Å². The van der Waals surface area contributed by atoms with Gasteiger partial charge in [-0.3, -0.25) is 0 Å². The van der Waals surface area contributed by atoms with Crippen molar-refractivity contribution in [1.29, 1.82) is 0 Å². The lowest BCUT2D eigenvalue weighted by atomic mass is 10.1. The van der Waals surface area contributed by atoms with Gasteiger partial charge in [0.1, 0.15) is 18.0 Å². The average molecular weight is 321 g/mol. The maximum atomic E-state index is 5.95. The minimum Gasteiger partial charge on any atom is -0.460 e. The highest BCUT2D eigenvalue weighted by Gasteiger charge is 2.22. The predicted molar refractivity (Wildman–Crippen MR) is 86.9 cm³/mol. The summed E-state index contributed by atoms with van der Waals surface area (Å²) in [6.45, 7) is 6.05. The summed E-state index contributed by atoms with van der Waals surface area (Å²) in [5, 5.41) is 0. The minimum absolute atomic E-state index is 0.184. The van der Waals surface area contributed by atoms with Crippen molar-refractivity contribution in [3.8, 4) is 12.0 Å². The van der Waals surface area contributed by atoms with Crippen molar-refractivity contribution in [3.63, 3.8) is 0 Å². The molecule has 128 valence electrons. The molecule has 0 spiro atoms. The van der Waals surface area contributed by atoms with Gasteiger partial charge in [0.2, 0.25) is 0 Å². The van der Waals surface area contributed by atoms with Crippen LogP contribution in [-0.4, -0.2) is 77.2 Å². The van der Waals surface area contributed by atoms with Crippen LogP contribution in [0.3, 0.4) is 0 Å². The Morgan fingerprint density at radius 1 is 0.739 bits per heavy atom. The minimum atomic E-state index is 0.184. The van der Waals surface area contributed by atoms with Gasteiger partial charge in [-0.05, 0) is 46.7 Å². The van der Waals surface area contributed by atoms with Gasteiger partial charge in [0.25, 0.3) is 0 Å². The molecular weight excluding hydrogens is 294 g/mol. The highest BCUT2D eigenvalue weighted by atomic mass is 16.5. The molecule has 0 amide bonds. The normalized spacial score (nSPS) is 22.2. The van der Waals surface area contributed by atoms with Gasteiger partial charge in [0, 0.05) is 26.2 Å². The highest BCUT2D eigenvalue weighted by molar-refractivity contribution is 5.05. The Morgan fingerprint density at radius 2 is 1.13 bits per heavy atom. The Morgan fingerprint density at radius 3 is 1.52 bits per heavy atom. The number of hydrogen-bond donors (Lipinski definition) is 0. The molecule has 0 N–H and O–H groups in total. The van der Waals surface area contributed by atoms with Crippen LogP contribution in [0.4, 0.5) is 0 Å². The first-order valence-corrected chi connectivity index (χ1v) is 8.51. The van der Waals surface area contributed by atoms with Gasteiger partial charge >= 0.3 is 12.0 Å². The van der Waals surface area contributed by atoms with Crippen molar-refractivity contribution >= 4 is 0 Å². The Hall–Kier alpha value is -1.47. The standard InChI is InChI=1S/C16H27N5O2/c1-12-17-15(22-13-4-8-20(2)9-5-13)19-16(18-12)23-14-6-10-21(3)11-7-14/h13-14H,4-11H2,1-3H3. The van der Waals surface area contributed by atoms with E-state index in [0.29, 0.717) is 17.8 Å². The molecule has 3 rings (SSSR count). The van der Waals surface area contributed by atoms with Crippen molar-refractivity contribution in [3.05, 3.63) is 5.82 Å². The Labute approximate surface area is 138 Å². The van der Waals surface area contributed by atoms with Crippen molar-refractivity contribution < 1.29 is 9.47 Å². The van der Waals surface area contributed by atoms with Crippen molar-refractivity contribution in [2.75, 3.05) is 40.3 Å². The Bertz CT molecular complexity index is 469. The first kappa shape index (κ1) is 16.4. The van der Waals surface area contributed by atoms with Gasteiger partial charge in [-0.15, -0.1) is 4.98 Å². The number of hydrogen-bond acceptors (Lipinski definition) is 7. The van der Waals surface area contributed by atoms with Crippen LogP contribution in [0.2, 0.25) is 0 Å². The van der Waals surface area contributed by atoms with Gasteiger partial charge < -0.3 is 19.3 Å². The zero-order chi connectivity index (χ0) is 16.2. The second-order valence-corrected chi connectivity index (χ2v) is 6.69. The molecule has 2 saturated heterocycles. The molecule has 0 aromatic carbocycles. The molecule has 7 heteroatoms. The second kappa shape index (κ2) is 7.40. The zero-order valence-corrected chi connectivity index (χ0v) is 14.4. The third-order valence-electron chi connectivity index (χ3n) is 4.58. The van der Waals surface area contributed by atoms with Crippen LogP contribution in [0, 0.1) is 6.92 Å². The molecular formula is C16H27N5O2. The van der Waals surface area contributed by atoms with Gasteiger partial charge in [-0.25, -0.2) is 0 Å². The molecule has 7 nitrogen and oxygen atoms in total. The van der Waals surface area contributed by atoms with Crippen LogP contribution in [0.15, 0.2) is 0 Å². The number of piperidine rings is 2. The fraction of sp³-hybridized carbons (Fsp3) is 0.812. The van der Waals surface area contributed by atoms with E-state index in [1.807, 2.05) is 6.92 Å². The topological polar surface area (TPSA) is 63.6 Å². The first-order chi connectivity index (χ1) is 11.1. The third-order valence-corrected chi connectivity index (χ3v) is 4.58. The maximum absolute atomic E-state index is 5.95. The Kier molecular flexibility index (Phi) is 5.27. The van der Waals surface area contributed by atoms with E-state index in [0.717, 1.165) is 51.9 Å². The first-order valence-electron chi connectivity index (χ1n) is 8.51. The van der Waals surface area contributed by atoms with E-state index >= 15 is 0 Å². The molecule has 2 fully saturated rings. The maximum Gasteiger partial charge on any atom is 0.323 e. The molecule has 0 unspecified atom stereocenters. The fourth-order valence-corrected chi connectivity index (χ4v) is 3.04. The number of likely N-dealkylation sites (tertiary alicyclic amines) is 2. The van der Waals surface area contributed by atoms with Crippen molar-refractivity contribution in [2.24, 2.45) is 0 Å². The fourth-order valence-electron chi connectivity index (χ4n) is 3.04. The SMILES string of the molecule is Cc1nc(OC2CCN(C)CC2)nc(OC2CCN(C)CC2)n1. The second-order valence-electron chi connectivity index (χ2n) is 6.69. The van der Waals surface area contributed by atoms with Gasteiger partial charge in [0.15, 0.2) is 0 Å². The van der Waals surface area contributed by atoms with Gasteiger partial charge in [-0.2, -0.15) is 9.97 Å². The van der Waals surface area contributed by atoms with E-state index in [9.17, 15) is 0 Å². The molecule has 0 radical (unpaired) electrons. The van der Waals surface area contributed by atoms with Crippen LogP contribution in [0.25, 0.3) is 0 Å². The largest absolute Gasteiger partial charge is 0.460 e. The molecule has 0 atom stereocenters. The predicted octanol–water partition coefficient (Wildman–Crippen LogP) is 1.13. The summed E-state index contributed by atoms with van der Waals surface area (Å²) in [5.74, 6) is 0.644. The van der Waals surface area contributed by atoms with Crippen LogP contribution in [0.1, 0.15) is 31.5 Å². The van der Waals surface area contributed by atoms with Crippen LogP contribution >= 0.6 is 0 Å². The summed E-state index contributed by atoms with van der Waals surface area (Å²) in [6, 6.07) is 0.796. The molecule has 1 aromatic rings. The lowest BCUT2D eigenvalue weighted by Gasteiger charge is -2.29. The quantitative estimate of drug-likeness (QED) is 0.823. The zero-order valence-electron chi connectivity index (χ0n) is 14.4. The van der Waals surface area contributed by atoms with Crippen molar-refractivity contribution in [2.45, 2.75) is 44.8 Å². The molecule has 2 aliphatic rings. The number of aryl methyl sites for hydroxylation is 1. The van der Waals surface area contributed by atoms with Crippen LogP contribution in [0.5, 0.6) is 12.0 Å². The highest BCUT2D eigenvalue weighted by Crippen LogP contribution is 2.19. The van der Waals surface area contributed by atoms with Crippen LogP contribution < -0.4 is 9.47 Å². The van der Waals surface area contributed by atoms with E-state index in [1.54, 1.807) is 0 Å². The summed E-state index contributed by atoms with van der Waals surface area (Å²) in [7, 11) is 4.27. The molecule has 0 bridgehead atoms. The molecule has 0 saturated carbocycles. The summed E-state index contributed by atoms with van der Waals surface area (Å²) < 4.78 is 11.9. The van der Waals surface area contributed by atoms with Gasteiger partial charge in [0.05, 0.1) is 0 Å². The van der Waals surface area contributed by atoms with E-state index < -0.39 is 0 Å². The molecule has 23 heavy (non-hydrogen) atoms. The third kappa shape index (κ3) is 4.75. The Balaban J connectivity index is 1.60. The number of aromatic nitrogens is 3. The van der Waals surface area contributed by atoms with E-state index in [-0.39, 0.29) is 12.2 Å². The van der Waals surface area contributed by atoms with E-state index in [2.05, 4.69) is 38.8 Å². The lowest BCUT2D eigenvalue weighted by Crippen LogP contribution is -2.36. The molecule has 3 heterocycles. The summed E-state index contributed by atoms with van der Waals surface area (Å²) >= 11 is 0. The smallest absolute Gasteiger partial charge is 0.323 e. The monoisotopic (exact) mass is 321 g/mol. The average Bonchev–Trinajstić information content (AvgIpc) is 2.51. The van der Waals surface area contributed by atoms with Gasteiger partial charge in [-0.1, -0.05) is 0 Å². The summed E-state index contributed by atoms with van der Waals surface area (Å²) in [4.78, 5) is 17.6. The molecule has 0 aliphatic carbocycles. The number of rotatable bonds is 4. The molecule has 1 aromatic heterocycles. The number of nitrogens with zero attached hydrogens (tertiary/aromatic N) is 5.